The molecule has 146 valence electrons. The molecular formula is C22H18Br4O2. The monoisotopic (exact) mass is 630 g/mol. The van der Waals surface area contributed by atoms with Gasteiger partial charge in [0, 0.05) is 4.47 Å². The Bertz CT molecular complexity index is 1040. The highest BCUT2D eigenvalue weighted by molar-refractivity contribution is 9.11. The molecule has 3 aromatic carbocycles. The van der Waals surface area contributed by atoms with Crippen LogP contribution in [0.15, 0.2) is 61.9 Å². The summed E-state index contributed by atoms with van der Waals surface area (Å²) in [5.74, 6) is 0.0944. The molecule has 3 aromatic rings. The number of carbonyl (C=O) groups excluding carboxylic acids is 1. The third-order valence-electron chi connectivity index (χ3n) is 4.43. The Morgan fingerprint density at radius 2 is 1.61 bits per heavy atom. The summed E-state index contributed by atoms with van der Waals surface area (Å²) in [6.07, 6.45) is 0. The third kappa shape index (κ3) is 4.72. The van der Waals surface area contributed by atoms with E-state index in [4.69, 9.17) is 4.74 Å². The minimum Gasteiger partial charge on any atom is -0.423 e. The molecule has 0 aromatic heterocycles. The second kappa shape index (κ2) is 8.58. The predicted octanol–water partition coefficient (Wildman–Crippen LogP) is 8.47. The summed E-state index contributed by atoms with van der Waals surface area (Å²) in [5.41, 5.74) is 2.14. The Labute approximate surface area is 198 Å². The molecule has 0 amide bonds. The van der Waals surface area contributed by atoms with Crippen LogP contribution in [0.2, 0.25) is 0 Å². The van der Waals surface area contributed by atoms with Gasteiger partial charge in [0.2, 0.25) is 0 Å². The lowest BCUT2D eigenvalue weighted by Gasteiger charge is -2.20. The minimum atomic E-state index is -0.555. The molecule has 0 aliphatic heterocycles. The van der Waals surface area contributed by atoms with Crippen LogP contribution < -0.4 is 4.74 Å². The molecular weight excluding hydrogens is 616 g/mol. The van der Waals surface area contributed by atoms with Crippen LogP contribution in [0.4, 0.5) is 0 Å². The predicted molar refractivity (Wildman–Crippen MR) is 129 cm³/mol. The highest BCUT2D eigenvalue weighted by Gasteiger charge is 2.23. The summed E-state index contributed by atoms with van der Waals surface area (Å²) in [4.78, 5) is 12.2. The van der Waals surface area contributed by atoms with Gasteiger partial charge in [0.25, 0.3) is 0 Å². The van der Waals surface area contributed by atoms with E-state index in [0.29, 0.717) is 10.2 Å². The van der Waals surface area contributed by atoms with Crippen LogP contribution in [0.3, 0.4) is 0 Å². The zero-order valence-corrected chi connectivity index (χ0v) is 21.9. The molecule has 2 nitrogen and oxygen atoms in total. The summed E-state index contributed by atoms with van der Waals surface area (Å²) in [5, 5.41) is 2.00. The number of hydrogen-bond acceptors (Lipinski definition) is 2. The van der Waals surface area contributed by atoms with Gasteiger partial charge in [0.05, 0.1) is 8.95 Å². The summed E-state index contributed by atoms with van der Waals surface area (Å²) >= 11 is 14.1. The molecule has 3 rings (SSSR count). The zero-order valence-electron chi connectivity index (χ0n) is 15.5. The smallest absolute Gasteiger partial charge is 0.329 e. The molecule has 0 aliphatic carbocycles. The van der Waals surface area contributed by atoms with Crippen LogP contribution in [0.1, 0.15) is 36.7 Å². The van der Waals surface area contributed by atoms with Crippen molar-refractivity contribution in [3.8, 4) is 5.75 Å². The SMILES string of the molecule is CC(C)(C)c1ccc([C@H](Br)C(=O)Oc2c(Br)cc3cc(Br)ccc3c2Br)cc1. The number of fused-ring (bicyclic) bond motifs is 1. The van der Waals surface area contributed by atoms with Crippen molar-refractivity contribution in [2.24, 2.45) is 0 Å². The molecule has 0 aliphatic rings. The Hall–Kier alpha value is -0.690. The first-order chi connectivity index (χ1) is 13.1. The van der Waals surface area contributed by atoms with Gasteiger partial charge >= 0.3 is 5.97 Å². The van der Waals surface area contributed by atoms with Crippen molar-refractivity contribution >= 4 is 80.5 Å². The maximum absolute atomic E-state index is 12.8. The lowest BCUT2D eigenvalue weighted by atomic mass is 9.86. The zero-order chi connectivity index (χ0) is 20.6. The van der Waals surface area contributed by atoms with E-state index in [1.54, 1.807) is 0 Å². The van der Waals surface area contributed by atoms with E-state index in [9.17, 15) is 4.79 Å². The molecule has 0 heterocycles. The number of esters is 1. The van der Waals surface area contributed by atoms with Gasteiger partial charge in [-0.25, -0.2) is 0 Å². The van der Waals surface area contributed by atoms with Crippen molar-refractivity contribution in [1.82, 2.24) is 0 Å². The summed E-state index contributed by atoms with van der Waals surface area (Å²) in [6.45, 7) is 6.49. The van der Waals surface area contributed by atoms with Crippen molar-refractivity contribution in [1.29, 1.82) is 0 Å². The Morgan fingerprint density at radius 1 is 0.964 bits per heavy atom. The average Bonchev–Trinajstić information content (AvgIpc) is 2.63. The van der Waals surface area contributed by atoms with E-state index >= 15 is 0 Å². The fraction of sp³-hybridized carbons (Fsp3) is 0.227. The molecule has 0 bridgehead atoms. The Balaban J connectivity index is 1.87. The van der Waals surface area contributed by atoms with Crippen LogP contribution in [0, 0.1) is 0 Å². The number of carbonyl (C=O) groups is 1. The van der Waals surface area contributed by atoms with Gasteiger partial charge in [-0.1, -0.05) is 83.0 Å². The number of benzene rings is 3. The molecule has 0 unspecified atom stereocenters. The van der Waals surface area contributed by atoms with Gasteiger partial charge in [-0.05, 0) is 77.4 Å². The first-order valence-electron chi connectivity index (χ1n) is 8.61. The molecule has 0 N–H and O–H groups in total. The maximum atomic E-state index is 12.8. The molecule has 0 fully saturated rings. The largest absolute Gasteiger partial charge is 0.423 e. The second-order valence-electron chi connectivity index (χ2n) is 7.52. The molecule has 0 spiro atoms. The van der Waals surface area contributed by atoms with Gasteiger partial charge in [-0.2, -0.15) is 0 Å². The highest BCUT2D eigenvalue weighted by atomic mass is 79.9. The number of rotatable bonds is 3. The van der Waals surface area contributed by atoms with Gasteiger partial charge in [0.15, 0.2) is 5.75 Å². The molecule has 1 atom stereocenters. The van der Waals surface area contributed by atoms with E-state index in [1.807, 2.05) is 36.4 Å². The van der Waals surface area contributed by atoms with Gasteiger partial charge in [0.1, 0.15) is 4.83 Å². The van der Waals surface area contributed by atoms with E-state index < -0.39 is 4.83 Å². The van der Waals surface area contributed by atoms with Gasteiger partial charge in [-0.15, -0.1) is 0 Å². The number of alkyl halides is 1. The van der Waals surface area contributed by atoms with E-state index in [1.165, 1.54) is 5.56 Å². The second-order valence-corrected chi connectivity index (χ2v) is 11.0. The van der Waals surface area contributed by atoms with E-state index in [0.717, 1.165) is 25.3 Å². The number of hydrogen-bond donors (Lipinski definition) is 0. The number of ether oxygens (including phenoxy) is 1. The summed E-state index contributed by atoms with van der Waals surface area (Å²) in [7, 11) is 0. The summed E-state index contributed by atoms with van der Waals surface area (Å²) in [6, 6.07) is 15.9. The van der Waals surface area contributed by atoms with Crippen molar-refractivity contribution in [2.75, 3.05) is 0 Å². The van der Waals surface area contributed by atoms with Crippen LogP contribution in [0.5, 0.6) is 5.75 Å². The highest BCUT2D eigenvalue weighted by Crippen LogP contribution is 2.41. The van der Waals surface area contributed by atoms with Crippen molar-refractivity contribution in [2.45, 2.75) is 31.0 Å². The molecule has 6 heteroatoms. The fourth-order valence-corrected chi connectivity index (χ4v) is 5.04. The van der Waals surface area contributed by atoms with Crippen LogP contribution in [-0.4, -0.2) is 5.97 Å². The Morgan fingerprint density at radius 3 is 2.21 bits per heavy atom. The summed E-state index contributed by atoms with van der Waals surface area (Å²) < 4.78 is 8.17. The normalized spacial score (nSPS) is 12.8. The quantitative estimate of drug-likeness (QED) is 0.164. The standard InChI is InChI=1S/C22H18Br4O2/c1-22(2,3)14-6-4-12(5-7-14)18(25)21(27)28-20-17(24)11-13-10-15(23)8-9-16(13)19(20)26/h4-11,18H,1-3H3/t18-/m0/s1. The first kappa shape index (κ1) is 22.0. The third-order valence-corrected chi connectivity index (χ3v) is 7.20. The maximum Gasteiger partial charge on any atom is 0.329 e. The Kier molecular flexibility index (Phi) is 6.75. The molecule has 0 saturated heterocycles. The van der Waals surface area contributed by atoms with Crippen LogP contribution in [0.25, 0.3) is 10.8 Å². The van der Waals surface area contributed by atoms with Crippen molar-refractivity contribution < 1.29 is 9.53 Å². The lowest BCUT2D eigenvalue weighted by Crippen LogP contribution is -2.15. The van der Waals surface area contributed by atoms with Crippen molar-refractivity contribution in [3.05, 3.63) is 73.1 Å². The molecule has 0 radical (unpaired) electrons. The topological polar surface area (TPSA) is 26.3 Å². The fourth-order valence-electron chi connectivity index (χ4n) is 2.82. The molecule has 28 heavy (non-hydrogen) atoms. The first-order valence-corrected chi connectivity index (χ1v) is 11.9. The van der Waals surface area contributed by atoms with Crippen molar-refractivity contribution in [3.63, 3.8) is 0 Å². The molecule has 0 saturated carbocycles. The van der Waals surface area contributed by atoms with E-state index in [2.05, 4.69) is 96.6 Å². The number of halogens is 4. The average molecular weight is 634 g/mol. The van der Waals surface area contributed by atoms with Crippen LogP contribution >= 0.6 is 63.7 Å². The van der Waals surface area contributed by atoms with Gasteiger partial charge in [-0.3, -0.25) is 4.79 Å². The minimum absolute atomic E-state index is 0.0661. The van der Waals surface area contributed by atoms with Gasteiger partial charge < -0.3 is 4.74 Å². The van der Waals surface area contributed by atoms with E-state index in [-0.39, 0.29) is 11.4 Å². The van der Waals surface area contributed by atoms with Crippen LogP contribution in [-0.2, 0) is 10.2 Å². The lowest BCUT2D eigenvalue weighted by molar-refractivity contribution is -0.133.